The van der Waals surface area contributed by atoms with Crippen molar-refractivity contribution in [3.8, 4) is 0 Å². The van der Waals surface area contributed by atoms with Crippen LogP contribution in [-0.2, 0) is 5.54 Å². The van der Waals surface area contributed by atoms with E-state index < -0.39 is 17.2 Å². The van der Waals surface area contributed by atoms with Gasteiger partial charge in [0.05, 0.1) is 0 Å². The minimum atomic E-state index is -0.802. The molecule has 1 nitrogen and oxygen atoms in total. The quantitative estimate of drug-likeness (QED) is 0.848. The molecule has 0 aliphatic heterocycles. The Kier molecular flexibility index (Phi) is 3.71. The third kappa shape index (κ3) is 2.41. The van der Waals surface area contributed by atoms with E-state index in [1.165, 1.54) is 0 Å². The molecule has 1 aliphatic rings. The SMILES string of the molecule is CC(C)C1CCCC(N)(c2cccc(F)c2F)C1. The molecule has 100 valence electrons. The van der Waals surface area contributed by atoms with Crippen LogP contribution in [0.2, 0.25) is 0 Å². The summed E-state index contributed by atoms with van der Waals surface area (Å²) in [5.74, 6) is -0.551. The van der Waals surface area contributed by atoms with Crippen molar-refractivity contribution in [3.63, 3.8) is 0 Å². The maximum absolute atomic E-state index is 13.9. The maximum atomic E-state index is 13.9. The van der Waals surface area contributed by atoms with Gasteiger partial charge in [-0.3, -0.25) is 0 Å². The highest BCUT2D eigenvalue weighted by atomic mass is 19.2. The van der Waals surface area contributed by atoms with Gasteiger partial charge >= 0.3 is 0 Å². The van der Waals surface area contributed by atoms with Gasteiger partial charge in [0.25, 0.3) is 0 Å². The van der Waals surface area contributed by atoms with Crippen molar-refractivity contribution in [1.29, 1.82) is 0 Å². The van der Waals surface area contributed by atoms with Gasteiger partial charge in [0.15, 0.2) is 11.6 Å². The molecule has 2 rings (SSSR count). The van der Waals surface area contributed by atoms with Crippen LogP contribution in [0.4, 0.5) is 8.78 Å². The maximum Gasteiger partial charge on any atom is 0.163 e. The van der Waals surface area contributed by atoms with Crippen molar-refractivity contribution in [2.75, 3.05) is 0 Å². The summed E-state index contributed by atoms with van der Waals surface area (Å²) in [5, 5.41) is 0. The summed E-state index contributed by atoms with van der Waals surface area (Å²) >= 11 is 0. The van der Waals surface area contributed by atoms with Crippen molar-refractivity contribution >= 4 is 0 Å². The van der Waals surface area contributed by atoms with Crippen LogP contribution in [0.15, 0.2) is 18.2 Å². The van der Waals surface area contributed by atoms with Crippen LogP contribution in [-0.4, -0.2) is 0 Å². The molecule has 2 atom stereocenters. The lowest BCUT2D eigenvalue weighted by Gasteiger charge is -2.40. The van der Waals surface area contributed by atoms with Crippen molar-refractivity contribution in [1.82, 2.24) is 0 Å². The van der Waals surface area contributed by atoms with Crippen LogP contribution >= 0.6 is 0 Å². The topological polar surface area (TPSA) is 26.0 Å². The molecule has 0 radical (unpaired) electrons. The molecule has 18 heavy (non-hydrogen) atoms. The molecule has 2 N–H and O–H groups in total. The summed E-state index contributed by atoms with van der Waals surface area (Å²) < 4.78 is 27.2. The van der Waals surface area contributed by atoms with Gasteiger partial charge in [-0.15, -0.1) is 0 Å². The van der Waals surface area contributed by atoms with Crippen LogP contribution < -0.4 is 5.73 Å². The van der Waals surface area contributed by atoms with E-state index in [0.29, 0.717) is 17.4 Å². The summed E-state index contributed by atoms with van der Waals surface area (Å²) in [4.78, 5) is 0. The molecule has 1 saturated carbocycles. The Balaban J connectivity index is 2.33. The fourth-order valence-electron chi connectivity index (χ4n) is 3.05. The molecule has 1 aromatic rings. The first-order valence-electron chi connectivity index (χ1n) is 6.67. The Bertz CT molecular complexity index is 431. The van der Waals surface area contributed by atoms with Crippen molar-refractivity contribution in [2.24, 2.45) is 17.6 Å². The minimum Gasteiger partial charge on any atom is -0.321 e. The Hall–Kier alpha value is -0.960. The van der Waals surface area contributed by atoms with E-state index in [1.54, 1.807) is 12.1 Å². The zero-order chi connectivity index (χ0) is 13.3. The van der Waals surface area contributed by atoms with Crippen LogP contribution in [0.25, 0.3) is 0 Å². The van der Waals surface area contributed by atoms with Gasteiger partial charge < -0.3 is 5.73 Å². The number of nitrogens with two attached hydrogens (primary N) is 1. The lowest BCUT2D eigenvalue weighted by Crippen LogP contribution is -2.43. The zero-order valence-electron chi connectivity index (χ0n) is 11.0. The summed E-state index contributed by atoms with van der Waals surface area (Å²) in [6.07, 6.45) is 3.59. The first-order chi connectivity index (χ1) is 8.44. The average Bonchev–Trinajstić information content (AvgIpc) is 2.32. The normalized spacial score (nSPS) is 28.7. The van der Waals surface area contributed by atoms with E-state index in [0.717, 1.165) is 31.7 Å². The van der Waals surface area contributed by atoms with Gasteiger partial charge in [-0.25, -0.2) is 8.78 Å². The molecule has 0 spiro atoms. The Labute approximate surface area is 107 Å². The fraction of sp³-hybridized carbons (Fsp3) is 0.600. The number of benzene rings is 1. The van der Waals surface area contributed by atoms with E-state index in [4.69, 9.17) is 5.73 Å². The largest absolute Gasteiger partial charge is 0.321 e. The monoisotopic (exact) mass is 253 g/mol. The zero-order valence-corrected chi connectivity index (χ0v) is 11.0. The minimum absolute atomic E-state index is 0.341. The van der Waals surface area contributed by atoms with Crippen molar-refractivity contribution in [3.05, 3.63) is 35.4 Å². The van der Waals surface area contributed by atoms with Crippen LogP contribution in [0.3, 0.4) is 0 Å². The summed E-state index contributed by atoms with van der Waals surface area (Å²) in [7, 11) is 0. The van der Waals surface area contributed by atoms with Crippen LogP contribution in [0.1, 0.15) is 45.1 Å². The predicted octanol–water partition coefficient (Wildman–Crippen LogP) is 3.97. The lowest BCUT2D eigenvalue weighted by atomic mass is 9.69. The molecule has 0 aromatic heterocycles. The molecule has 0 amide bonds. The smallest absolute Gasteiger partial charge is 0.163 e. The van der Waals surface area contributed by atoms with Gasteiger partial charge in [0.2, 0.25) is 0 Å². The van der Waals surface area contributed by atoms with Crippen LogP contribution in [0.5, 0.6) is 0 Å². The molecule has 2 unspecified atom stereocenters. The van der Waals surface area contributed by atoms with Gasteiger partial charge in [-0.1, -0.05) is 38.8 Å². The third-order valence-electron chi connectivity index (χ3n) is 4.26. The Morgan fingerprint density at radius 3 is 2.72 bits per heavy atom. The molecule has 0 saturated heterocycles. The highest BCUT2D eigenvalue weighted by molar-refractivity contribution is 5.27. The van der Waals surface area contributed by atoms with E-state index in [1.807, 2.05) is 0 Å². The average molecular weight is 253 g/mol. The summed E-state index contributed by atoms with van der Waals surface area (Å²) in [5.41, 5.74) is 6.00. The highest BCUT2D eigenvalue weighted by Gasteiger charge is 2.37. The molecule has 0 heterocycles. The van der Waals surface area contributed by atoms with Gasteiger partial charge in [-0.2, -0.15) is 0 Å². The number of hydrogen-bond acceptors (Lipinski definition) is 1. The van der Waals surface area contributed by atoms with Crippen LogP contribution in [0, 0.1) is 23.5 Å². The molecule has 1 aromatic carbocycles. The van der Waals surface area contributed by atoms with E-state index in [9.17, 15) is 8.78 Å². The molecule has 1 fully saturated rings. The Morgan fingerprint density at radius 2 is 2.06 bits per heavy atom. The lowest BCUT2D eigenvalue weighted by molar-refractivity contribution is 0.179. The second-order valence-electron chi connectivity index (χ2n) is 5.86. The first-order valence-corrected chi connectivity index (χ1v) is 6.67. The standard InChI is InChI=1S/C15H21F2N/c1-10(2)11-5-4-8-15(18,9-11)12-6-3-7-13(16)14(12)17/h3,6-7,10-11H,4-5,8-9,18H2,1-2H3. The van der Waals surface area contributed by atoms with Crippen molar-refractivity contribution < 1.29 is 8.78 Å². The molecular formula is C15H21F2N. The van der Waals surface area contributed by atoms with E-state index >= 15 is 0 Å². The molecule has 1 aliphatic carbocycles. The molecule has 0 bridgehead atoms. The molecule has 3 heteroatoms. The number of hydrogen-bond donors (Lipinski definition) is 1. The first kappa shape index (κ1) is 13.5. The predicted molar refractivity (Wildman–Crippen MR) is 69.0 cm³/mol. The van der Waals surface area contributed by atoms with E-state index in [2.05, 4.69) is 13.8 Å². The summed E-state index contributed by atoms with van der Waals surface area (Å²) in [6.45, 7) is 4.33. The van der Waals surface area contributed by atoms with Gasteiger partial charge in [0, 0.05) is 11.1 Å². The molecular weight excluding hydrogens is 232 g/mol. The van der Waals surface area contributed by atoms with Gasteiger partial charge in [0.1, 0.15) is 0 Å². The highest BCUT2D eigenvalue weighted by Crippen LogP contribution is 2.41. The van der Waals surface area contributed by atoms with E-state index in [-0.39, 0.29) is 0 Å². The third-order valence-corrected chi connectivity index (χ3v) is 4.26. The Morgan fingerprint density at radius 1 is 1.33 bits per heavy atom. The second-order valence-corrected chi connectivity index (χ2v) is 5.86. The number of rotatable bonds is 2. The fourth-order valence-corrected chi connectivity index (χ4v) is 3.05. The van der Waals surface area contributed by atoms with Gasteiger partial charge in [-0.05, 0) is 30.7 Å². The number of halogens is 2. The van der Waals surface area contributed by atoms with Crippen molar-refractivity contribution in [2.45, 2.75) is 45.1 Å². The second kappa shape index (κ2) is 4.96. The summed E-state index contributed by atoms with van der Waals surface area (Å²) in [6, 6.07) is 4.31.